The molecule has 1 saturated heterocycles. The van der Waals surface area contributed by atoms with Gasteiger partial charge in [-0.1, -0.05) is 18.2 Å². The van der Waals surface area contributed by atoms with Gasteiger partial charge in [-0.2, -0.15) is 0 Å². The molecule has 0 radical (unpaired) electrons. The Labute approximate surface area is 135 Å². The first kappa shape index (κ1) is 15.8. The summed E-state index contributed by atoms with van der Waals surface area (Å²) in [6.07, 6.45) is 1.71. The molecule has 4 nitrogen and oxygen atoms in total. The number of aliphatic imine (C=N–C) groups is 1. The molecule has 1 unspecified atom stereocenters. The summed E-state index contributed by atoms with van der Waals surface area (Å²) < 4.78 is 11.5. The molecule has 0 spiro atoms. The average Bonchev–Trinajstić information content (AvgIpc) is 3.07. The van der Waals surface area contributed by atoms with Crippen molar-refractivity contribution in [1.29, 1.82) is 0 Å². The number of thioether (sulfide) groups is 1. The van der Waals surface area contributed by atoms with Gasteiger partial charge in [-0.15, -0.1) is 11.8 Å². The van der Waals surface area contributed by atoms with E-state index in [1.165, 1.54) is 0 Å². The summed E-state index contributed by atoms with van der Waals surface area (Å²) in [7, 11) is 0. The molecule has 2 heterocycles. The molecule has 1 aromatic carbocycles. The molecule has 1 fully saturated rings. The van der Waals surface area contributed by atoms with E-state index in [4.69, 9.17) is 14.5 Å². The third kappa shape index (κ3) is 2.45. The van der Waals surface area contributed by atoms with Crippen molar-refractivity contribution in [1.82, 2.24) is 0 Å². The molecule has 2 aliphatic heterocycles. The van der Waals surface area contributed by atoms with Gasteiger partial charge >= 0.3 is 0 Å². The highest BCUT2D eigenvalue weighted by Crippen LogP contribution is 2.51. The zero-order valence-corrected chi connectivity index (χ0v) is 13.8. The predicted molar refractivity (Wildman–Crippen MR) is 90.1 cm³/mol. The molecule has 120 valence electrons. The summed E-state index contributed by atoms with van der Waals surface area (Å²) >= 11 is 1.68. The molecule has 0 saturated carbocycles. The number of hydrogen-bond acceptors (Lipinski definition) is 5. The van der Waals surface area contributed by atoms with E-state index in [-0.39, 0.29) is 12.0 Å². The lowest BCUT2D eigenvalue weighted by Crippen LogP contribution is -2.56. The van der Waals surface area contributed by atoms with Gasteiger partial charge in [0.2, 0.25) is 0 Å². The predicted octanol–water partition coefficient (Wildman–Crippen LogP) is 2.64. The van der Waals surface area contributed by atoms with Gasteiger partial charge in [0.05, 0.1) is 18.8 Å². The third-order valence-electron chi connectivity index (χ3n) is 4.90. The Kier molecular flexibility index (Phi) is 4.76. The van der Waals surface area contributed by atoms with Crippen molar-refractivity contribution in [2.24, 2.45) is 4.99 Å². The van der Waals surface area contributed by atoms with Crippen LogP contribution in [0.3, 0.4) is 0 Å². The number of aliphatic hydroxyl groups excluding tert-OH is 1. The molecule has 1 aromatic rings. The van der Waals surface area contributed by atoms with Crippen LogP contribution in [0.25, 0.3) is 0 Å². The van der Waals surface area contributed by atoms with Crippen LogP contribution < -0.4 is 4.74 Å². The van der Waals surface area contributed by atoms with Crippen LogP contribution in [0.2, 0.25) is 0 Å². The molecule has 0 amide bonds. The SMILES string of the molecule is CCOc1ccccc1C1(C2(CO)CSC=N2)CCOCC1. The van der Waals surface area contributed by atoms with Crippen molar-refractivity contribution in [3.63, 3.8) is 0 Å². The van der Waals surface area contributed by atoms with E-state index in [0.29, 0.717) is 19.8 Å². The number of aliphatic hydroxyl groups is 1. The van der Waals surface area contributed by atoms with Crippen LogP contribution in [0.1, 0.15) is 25.3 Å². The van der Waals surface area contributed by atoms with Crippen LogP contribution in [-0.2, 0) is 10.2 Å². The Bertz CT molecular complexity index is 542. The Hall–Kier alpha value is -1.04. The fraction of sp³-hybridized carbons (Fsp3) is 0.588. The molecule has 0 bridgehead atoms. The standard InChI is InChI=1S/C17H23NO3S/c1-2-21-15-6-4-3-5-14(15)16(7-9-20-10-8-16)17(11-19)12-22-13-18-17/h3-6,13,19H,2,7-12H2,1H3. The Morgan fingerprint density at radius 2 is 2.09 bits per heavy atom. The van der Waals surface area contributed by atoms with Crippen molar-refractivity contribution >= 4 is 17.3 Å². The molecule has 0 aliphatic carbocycles. The van der Waals surface area contributed by atoms with Gasteiger partial charge in [-0.05, 0) is 25.8 Å². The summed E-state index contributed by atoms with van der Waals surface area (Å²) in [5.74, 6) is 1.72. The van der Waals surface area contributed by atoms with Gasteiger partial charge in [-0.25, -0.2) is 0 Å². The van der Waals surface area contributed by atoms with Crippen LogP contribution in [0.4, 0.5) is 0 Å². The molecule has 3 rings (SSSR count). The minimum Gasteiger partial charge on any atom is -0.494 e. The van der Waals surface area contributed by atoms with Crippen LogP contribution >= 0.6 is 11.8 Å². The van der Waals surface area contributed by atoms with E-state index in [2.05, 4.69) is 6.07 Å². The van der Waals surface area contributed by atoms with E-state index in [1.54, 1.807) is 11.8 Å². The Balaban J connectivity index is 2.13. The number of hydrogen-bond donors (Lipinski definition) is 1. The summed E-state index contributed by atoms with van der Waals surface area (Å²) in [5, 5.41) is 10.2. The van der Waals surface area contributed by atoms with Gasteiger partial charge < -0.3 is 14.6 Å². The summed E-state index contributed by atoms with van der Waals surface area (Å²) in [5.41, 5.74) is 2.34. The van der Waals surface area contributed by atoms with E-state index in [1.807, 2.05) is 30.7 Å². The topological polar surface area (TPSA) is 51.0 Å². The van der Waals surface area contributed by atoms with E-state index in [0.717, 1.165) is 29.9 Å². The zero-order valence-electron chi connectivity index (χ0n) is 13.0. The second-order valence-electron chi connectivity index (χ2n) is 5.86. The van der Waals surface area contributed by atoms with Crippen LogP contribution in [0.15, 0.2) is 29.3 Å². The van der Waals surface area contributed by atoms with Gasteiger partial charge in [0.15, 0.2) is 0 Å². The lowest BCUT2D eigenvalue weighted by Gasteiger charge is -2.48. The van der Waals surface area contributed by atoms with Crippen LogP contribution in [-0.4, -0.2) is 48.4 Å². The molecule has 22 heavy (non-hydrogen) atoms. The first-order chi connectivity index (χ1) is 10.8. The number of nitrogens with zero attached hydrogens (tertiary/aromatic N) is 1. The minimum atomic E-state index is -0.478. The second-order valence-corrected chi connectivity index (χ2v) is 6.69. The first-order valence-electron chi connectivity index (χ1n) is 7.84. The first-order valence-corrected chi connectivity index (χ1v) is 8.89. The monoisotopic (exact) mass is 321 g/mol. The van der Waals surface area contributed by atoms with E-state index in [9.17, 15) is 5.11 Å². The molecule has 1 atom stereocenters. The van der Waals surface area contributed by atoms with E-state index >= 15 is 0 Å². The molecule has 0 aromatic heterocycles. The van der Waals surface area contributed by atoms with Crippen LogP contribution in [0, 0.1) is 0 Å². The maximum absolute atomic E-state index is 10.2. The fourth-order valence-electron chi connectivity index (χ4n) is 3.70. The van der Waals surface area contributed by atoms with Crippen molar-refractivity contribution in [2.45, 2.75) is 30.7 Å². The number of benzene rings is 1. The smallest absolute Gasteiger partial charge is 0.123 e. The lowest BCUT2D eigenvalue weighted by molar-refractivity contribution is 0.00608. The molecule has 5 heteroatoms. The van der Waals surface area contributed by atoms with Gasteiger partial charge in [0.1, 0.15) is 11.3 Å². The fourth-order valence-corrected chi connectivity index (χ4v) is 4.77. The summed E-state index contributed by atoms with van der Waals surface area (Å²) in [6.45, 7) is 4.08. The van der Waals surface area contributed by atoms with Crippen LogP contribution in [0.5, 0.6) is 5.75 Å². The highest BCUT2D eigenvalue weighted by atomic mass is 32.2. The highest BCUT2D eigenvalue weighted by molar-refractivity contribution is 8.12. The number of para-hydroxylation sites is 1. The number of rotatable bonds is 5. The number of ether oxygens (including phenoxy) is 2. The van der Waals surface area contributed by atoms with Crippen molar-refractivity contribution < 1.29 is 14.6 Å². The molecule has 2 aliphatic rings. The highest BCUT2D eigenvalue weighted by Gasteiger charge is 2.55. The Morgan fingerprint density at radius 3 is 2.73 bits per heavy atom. The largest absolute Gasteiger partial charge is 0.494 e. The lowest BCUT2D eigenvalue weighted by atomic mass is 9.61. The van der Waals surface area contributed by atoms with Gasteiger partial charge in [-0.3, -0.25) is 4.99 Å². The Morgan fingerprint density at radius 1 is 1.32 bits per heavy atom. The van der Waals surface area contributed by atoms with Gasteiger partial charge in [0, 0.05) is 29.9 Å². The third-order valence-corrected chi connectivity index (χ3v) is 5.80. The van der Waals surface area contributed by atoms with Crippen molar-refractivity contribution in [2.75, 3.05) is 32.2 Å². The summed E-state index contributed by atoms with van der Waals surface area (Å²) in [4.78, 5) is 4.74. The zero-order chi connectivity index (χ0) is 15.5. The maximum atomic E-state index is 10.2. The minimum absolute atomic E-state index is 0.0525. The molecular weight excluding hydrogens is 298 g/mol. The summed E-state index contributed by atoms with van der Waals surface area (Å²) in [6, 6.07) is 8.20. The van der Waals surface area contributed by atoms with Crippen molar-refractivity contribution in [3.8, 4) is 5.75 Å². The van der Waals surface area contributed by atoms with Crippen molar-refractivity contribution in [3.05, 3.63) is 29.8 Å². The second kappa shape index (κ2) is 6.60. The normalized spacial score (nSPS) is 27.0. The van der Waals surface area contributed by atoms with E-state index < -0.39 is 5.54 Å². The quantitative estimate of drug-likeness (QED) is 0.906. The molecule has 1 N–H and O–H groups in total. The molecular formula is C17H23NO3S. The van der Waals surface area contributed by atoms with Gasteiger partial charge in [0.25, 0.3) is 0 Å². The maximum Gasteiger partial charge on any atom is 0.123 e. The average molecular weight is 321 g/mol.